The topological polar surface area (TPSA) is 133 Å². The molecule has 2 amide bonds. The molecule has 1 aliphatic rings. The maximum absolute atomic E-state index is 13.4. The summed E-state index contributed by atoms with van der Waals surface area (Å²) in [7, 11) is 0. The minimum atomic E-state index is -5.02. The molecular weight excluding hydrogens is 473 g/mol. The predicted octanol–water partition coefficient (Wildman–Crippen LogP) is 3.47. The van der Waals surface area contributed by atoms with Crippen LogP contribution in [-0.2, 0) is 22.3 Å². The first-order chi connectivity index (χ1) is 16.7. The quantitative estimate of drug-likeness (QED) is 0.378. The fourth-order valence-corrected chi connectivity index (χ4v) is 3.13. The van der Waals surface area contributed by atoms with Gasteiger partial charge in [-0.25, -0.2) is 4.98 Å². The molecule has 0 aliphatic carbocycles. The van der Waals surface area contributed by atoms with Gasteiger partial charge in [0.2, 0.25) is 11.6 Å². The normalized spacial score (nSPS) is 18.3. The second-order valence-electron chi connectivity index (χ2n) is 7.38. The zero-order valence-corrected chi connectivity index (χ0v) is 18.2. The van der Waals surface area contributed by atoms with Crippen molar-refractivity contribution >= 4 is 17.5 Å². The molecule has 3 rings (SSSR count). The Bertz CT molecular complexity index is 1110. The molecule has 0 spiro atoms. The maximum Gasteiger partial charge on any atom is 0.421 e. The molecule has 1 atom stereocenters. The van der Waals surface area contributed by atoms with Crippen molar-refractivity contribution in [3.05, 3.63) is 75.5 Å². The molecule has 2 aromatic rings. The standard InChI is InChI=1S/C22H21F3N4O6/c23-22(24,25)15-12-16(29(32)33)18-20(31)28-27-19(30)17(35-13-14-8-4-3-5-9-14)10-6-1-2-7-11-34-21(15)26-18/h1-5,8-9,12,17H,6-7,10-11,13H2,(H,27,30)(H,28,31)/b2-1-. The molecule has 2 heterocycles. The molecule has 0 radical (unpaired) electrons. The smallest absolute Gasteiger partial charge is 0.421 e. The number of carbonyl (C=O) groups is 2. The Morgan fingerprint density at radius 1 is 1.14 bits per heavy atom. The van der Waals surface area contributed by atoms with E-state index in [-0.39, 0.29) is 32.1 Å². The van der Waals surface area contributed by atoms with Crippen molar-refractivity contribution in [2.24, 2.45) is 0 Å². The van der Waals surface area contributed by atoms with Crippen molar-refractivity contribution in [2.75, 3.05) is 6.61 Å². The molecule has 35 heavy (non-hydrogen) atoms. The number of benzene rings is 1. The number of halogens is 3. The largest absolute Gasteiger partial charge is 0.477 e. The third kappa shape index (κ3) is 6.99. The number of hydrogen-bond acceptors (Lipinski definition) is 7. The number of rotatable bonds is 4. The van der Waals surface area contributed by atoms with Crippen LogP contribution >= 0.6 is 0 Å². The Morgan fingerprint density at radius 2 is 1.86 bits per heavy atom. The Kier molecular flexibility index (Phi) is 8.36. The number of alkyl halides is 3. The van der Waals surface area contributed by atoms with Crippen molar-refractivity contribution < 1.29 is 37.2 Å². The van der Waals surface area contributed by atoms with Crippen molar-refractivity contribution in [3.63, 3.8) is 0 Å². The van der Waals surface area contributed by atoms with E-state index < -0.39 is 51.8 Å². The number of allylic oxidation sites excluding steroid dienone is 1. The summed E-state index contributed by atoms with van der Waals surface area (Å²) < 4.78 is 51.1. The van der Waals surface area contributed by atoms with E-state index in [0.29, 0.717) is 6.42 Å². The predicted molar refractivity (Wildman–Crippen MR) is 115 cm³/mol. The molecule has 1 aromatic carbocycles. The third-order valence-corrected chi connectivity index (χ3v) is 4.86. The van der Waals surface area contributed by atoms with Gasteiger partial charge in [-0.2, -0.15) is 13.2 Å². The number of fused-ring (bicyclic) bond motifs is 2. The van der Waals surface area contributed by atoms with Gasteiger partial charge in [-0.05, 0) is 24.8 Å². The van der Waals surface area contributed by atoms with Gasteiger partial charge in [-0.1, -0.05) is 42.5 Å². The van der Waals surface area contributed by atoms with Crippen LogP contribution in [0.2, 0.25) is 0 Å². The van der Waals surface area contributed by atoms with E-state index in [2.05, 4.69) is 10.4 Å². The number of carbonyl (C=O) groups excluding carboxylic acids is 2. The van der Waals surface area contributed by atoms with E-state index in [1.807, 2.05) is 11.5 Å². The number of nitrogens with zero attached hydrogens (tertiary/aromatic N) is 2. The number of aromatic nitrogens is 1. The molecule has 2 bridgehead atoms. The van der Waals surface area contributed by atoms with Crippen molar-refractivity contribution in [1.29, 1.82) is 0 Å². The van der Waals surface area contributed by atoms with Crippen molar-refractivity contribution in [1.82, 2.24) is 15.8 Å². The van der Waals surface area contributed by atoms with Crippen LogP contribution < -0.4 is 15.6 Å². The summed E-state index contributed by atoms with van der Waals surface area (Å²) in [4.78, 5) is 38.8. The van der Waals surface area contributed by atoms with Gasteiger partial charge in [0, 0.05) is 6.07 Å². The summed E-state index contributed by atoms with van der Waals surface area (Å²) in [5.41, 5.74) is 1.21. The number of pyridine rings is 1. The van der Waals surface area contributed by atoms with Crippen LogP contribution in [0.3, 0.4) is 0 Å². The monoisotopic (exact) mass is 494 g/mol. The molecule has 1 aliphatic heterocycles. The van der Waals surface area contributed by atoms with E-state index in [9.17, 15) is 32.9 Å². The highest BCUT2D eigenvalue weighted by atomic mass is 19.4. The molecule has 0 saturated carbocycles. The van der Waals surface area contributed by atoms with Gasteiger partial charge < -0.3 is 9.47 Å². The van der Waals surface area contributed by atoms with Crippen LogP contribution in [0.1, 0.15) is 40.9 Å². The third-order valence-electron chi connectivity index (χ3n) is 4.86. The van der Waals surface area contributed by atoms with Gasteiger partial charge in [0.15, 0.2) is 0 Å². The summed E-state index contributed by atoms with van der Waals surface area (Å²) in [5, 5.41) is 11.4. The molecular formula is C22H21F3N4O6. The first-order valence-electron chi connectivity index (χ1n) is 10.5. The Balaban J connectivity index is 1.87. The van der Waals surface area contributed by atoms with Gasteiger partial charge in [-0.15, -0.1) is 0 Å². The van der Waals surface area contributed by atoms with E-state index in [0.717, 1.165) is 5.56 Å². The first kappa shape index (κ1) is 25.6. The Labute approximate surface area is 197 Å². The highest BCUT2D eigenvalue weighted by molar-refractivity contribution is 5.97. The fourth-order valence-electron chi connectivity index (χ4n) is 3.13. The van der Waals surface area contributed by atoms with Crippen LogP contribution in [0, 0.1) is 10.1 Å². The molecule has 1 unspecified atom stereocenters. The molecule has 2 N–H and O–H groups in total. The van der Waals surface area contributed by atoms with Crippen LogP contribution in [0.5, 0.6) is 5.88 Å². The molecule has 1 aromatic heterocycles. The zero-order valence-electron chi connectivity index (χ0n) is 18.2. The second kappa shape index (κ2) is 11.4. The highest BCUT2D eigenvalue weighted by Crippen LogP contribution is 2.38. The lowest BCUT2D eigenvalue weighted by Crippen LogP contribution is -2.47. The number of amides is 2. The summed E-state index contributed by atoms with van der Waals surface area (Å²) in [6, 6.07) is 9.22. The highest BCUT2D eigenvalue weighted by Gasteiger charge is 2.39. The van der Waals surface area contributed by atoms with E-state index in [1.54, 1.807) is 36.4 Å². The van der Waals surface area contributed by atoms with Gasteiger partial charge in [-0.3, -0.25) is 30.6 Å². The zero-order chi connectivity index (χ0) is 25.4. The number of ether oxygens (including phenoxy) is 2. The molecule has 186 valence electrons. The number of hydrogen-bond donors (Lipinski definition) is 2. The minimum absolute atomic E-state index is 0.111. The Morgan fingerprint density at radius 3 is 2.54 bits per heavy atom. The number of hydrazine groups is 1. The van der Waals surface area contributed by atoms with Gasteiger partial charge >= 0.3 is 11.9 Å². The van der Waals surface area contributed by atoms with Crippen molar-refractivity contribution in [3.8, 4) is 5.88 Å². The van der Waals surface area contributed by atoms with Crippen molar-refractivity contribution in [2.45, 2.75) is 38.1 Å². The van der Waals surface area contributed by atoms with Crippen LogP contribution in [0.4, 0.5) is 18.9 Å². The first-order valence-corrected chi connectivity index (χ1v) is 10.5. The summed E-state index contributed by atoms with van der Waals surface area (Å²) in [5.74, 6) is -3.02. The summed E-state index contributed by atoms with van der Waals surface area (Å²) in [6.45, 7) is -0.115. The molecule has 0 saturated heterocycles. The second-order valence-corrected chi connectivity index (χ2v) is 7.38. The van der Waals surface area contributed by atoms with Crippen LogP contribution in [0.15, 0.2) is 48.6 Å². The molecule has 0 fully saturated rings. The van der Waals surface area contributed by atoms with Crippen LogP contribution in [0.25, 0.3) is 0 Å². The lowest BCUT2D eigenvalue weighted by Gasteiger charge is -2.18. The van der Waals surface area contributed by atoms with Gasteiger partial charge in [0.05, 0.1) is 18.1 Å². The Hall–Kier alpha value is -4.00. The lowest BCUT2D eigenvalue weighted by molar-refractivity contribution is -0.385. The molecule has 13 heteroatoms. The fraction of sp³-hybridized carbons (Fsp3) is 0.318. The summed E-state index contributed by atoms with van der Waals surface area (Å²) >= 11 is 0. The van der Waals surface area contributed by atoms with Gasteiger partial charge in [0.1, 0.15) is 11.7 Å². The SMILES string of the molecule is O=C1NNC(=O)C(OCc2ccccc2)CC/C=C\CCOc2nc1c([N+](=O)[O-])cc2C(F)(F)F. The lowest BCUT2D eigenvalue weighted by atomic mass is 10.1. The van der Waals surface area contributed by atoms with E-state index in [4.69, 9.17) is 9.47 Å². The number of nitrogens with one attached hydrogen (secondary N) is 2. The number of nitro groups is 1. The maximum atomic E-state index is 13.4. The molecule has 10 nitrogen and oxygen atoms in total. The van der Waals surface area contributed by atoms with E-state index >= 15 is 0 Å². The average Bonchev–Trinajstić information content (AvgIpc) is 2.82. The minimum Gasteiger partial charge on any atom is -0.477 e. The summed E-state index contributed by atoms with van der Waals surface area (Å²) in [6.07, 6.45) is -1.82. The van der Waals surface area contributed by atoms with Crippen LogP contribution in [-0.4, -0.2) is 34.4 Å². The van der Waals surface area contributed by atoms with E-state index in [1.165, 1.54) is 0 Å². The van der Waals surface area contributed by atoms with Gasteiger partial charge in [0.25, 0.3) is 11.8 Å². The average molecular weight is 494 g/mol.